The van der Waals surface area contributed by atoms with Crippen molar-refractivity contribution in [2.75, 3.05) is 0 Å². The lowest BCUT2D eigenvalue weighted by molar-refractivity contribution is -0.144. The van der Waals surface area contributed by atoms with Crippen molar-refractivity contribution in [3.63, 3.8) is 0 Å². The Labute approximate surface area is 144 Å². The second-order valence-electron chi connectivity index (χ2n) is 6.29. The first-order valence-electron chi connectivity index (χ1n) is 7.84. The molecule has 3 unspecified atom stereocenters. The van der Waals surface area contributed by atoms with Gasteiger partial charge in [-0.2, -0.15) is 0 Å². The molecule has 1 aliphatic carbocycles. The highest BCUT2D eigenvalue weighted by molar-refractivity contribution is 6.43. The molecule has 3 atom stereocenters. The molecule has 0 radical (unpaired) electrons. The van der Waals surface area contributed by atoms with Gasteiger partial charge in [0.15, 0.2) is 6.10 Å². The van der Waals surface area contributed by atoms with Gasteiger partial charge in [-0.25, -0.2) is 4.79 Å². The Hall–Kier alpha value is -1.26. The first kappa shape index (κ1) is 16.6. The molecule has 1 heterocycles. The monoisotopic (exact) mass is 356 g/mol. The zero-order valence-corrected chi connectivity index (χ0v) is 14.3. The third-order valence-electron chi connectivity index (χ3n) is 4.94. The standard InChI is InChI=1S/C17H18Cl2O4/c1-2-8-3-4-10(20)7-11(8)12-5-9-6-13(17(21)22)23-16(9)15(19)14(12)18/h5,8,11,13H,2-4,6-7H2,1H3,(H,21,22). The van der Waals surface area contributed by atoms with Gasteiger partial charge in [0.1, 0.15) is 16.6 Å². The number of carbonyl (C=O) groups excluding carboxylic acids is 1. The van der Waals surface area contributed by atoms with E-state index in [0.29, 0.717) is 29.5 Å². The minimum Gasteiger partial charge on any atom is -0.478 e. The molecule has 124 valence electrons. The smallest absolute Gasteiger partial charge is 0.345 e. The van der Waals surface area contributed by atoms with E-state index in [4.69, 9.17) is 33.0 Å². The number of ether oxygens (including phenoxy) is 1. The number of halogens is 2. The van der Waals surface area contributed by atoms with E-state index >= 15 is 0 Å². The molecule has 0 aromatic heterocycles. The van der Waals surface area contributed by atoms with Crippen LogP contribution in [0.15, 0.2) is 6.07 Å². The summed E-state index contributed by atoms with van der Waals surface area (Å²) in [7, 11) is 0. The minimum atomic E-state index is -1.02. The molecule has 0 spiro atoms. The number of carbonyl (C=O) groups is 2. The van der Waals surface area contributed by atoms with E-state index in [2.05, 4.69) is 6.92 Å². The largest absolute Gasteiger partial charge is 0.478 e. The summed E-state index contributed by atoms with van der Waals surface area (Å²) < 4.78 is 5.41. The maximum Gasteiger partial charge on any atom is 0.345 e. The molecule has 23 heavy (non-hydrogen) atoms. The molecule has 6 heteroatoms. The normalized spacial score (nSPS) is 26.7. The van der Waals surface area contributed by atoms with Crippen molar-refractivity contribution < 1.29 is 19.4 Å². The topological polar surface area (TPSA) is 63.6 Å². The van der Waals surface area contributed by atoms with Crippen LogP contribution in [-0.4, -0.2) is 23.0 Å². The number of ketones is 1. The molecule has 1 aromatic carbocycles. The van der Waals surface area contributed by atoms with Crippen molar-refractivity contribution in [1.82, 2.24) is 0 Å². The van der Waals surface area contributed by atoms with Crippen LogP contribution in [0.3, 0.4) is 0 Å². The van der Waals surface area contributed by atoms with Gasteiger partial charge in [0.25, 0.3) is 0 Å². The van der Waals surface area contributed by atoms with Crippen LogP contribution in [0.25, 0.3) is 0 Å². The van der Waals surface area contributed by atoms with E-state index in [1.165, 1.54) is 0 Å². The average Bonchev–Trinajstić information content (AvgIpc) is 2.95. The predicted molar refractivity (Wildman–Crippen MR) is 87.6 cm³/mol. The number of benzene rings is 1. The van der Waals surface area contributed by atoms with Crippen molar-refractivity contribution in [2.45, 2.75) is 51.0 Å². The number of aliphatic carboxylic acids is 1. The molecule has 0 bridgehead atoms. The number of carboxylic acid groups (broad SMARTS) is 1. The Kier molecular flexibility index (Phi) is 4.56. The fourth-order valence-electron chi connectivity index (χ4n) is 3.67. The van der Waals surface area contributed by atoms with Crippen molar-refractivity contribution >= 4 is 35.0 Å². The number of hydrogen-bond acceptors (Lipinski definition) is 3. The second-order valence-corrected chi connectivity index (χ2v) is 7.04. The van der Waals surface area contributed by atoms with Crippen LogP contribution in [0.2, 0.25) is 10.0 Å². The molecule has 0 saturated heterocycles. The molecular formula is C17H18Cl2O4. The summed E-state index contributed by atoms with van der Waals surface area (Å²) in [5.74, 6) is 0.0154. The van der Waals surface area contributed by atoms with Gasteiger partial charge in [-0.15, -0.1) is 0 Å². The molecule has 3 rings (SSSR count). The van der Waals surface area contributed by atoms with Crippen LogP contribution < -0.4 is 4.74 Å². The lowest BCUT2D eigenvalue weighted by Crippen LogP contribution is -2.24. The number of hydrogen-bond donors (Lipinski definition) is 1. The first-order valence-corrected chi connectivity index (χ1v) is 8.59. The van der Waals surface area contributed by atoms with E-state index in [1.54, 1.807) is 0 Å². The summed E-state index contributed by atoms with van der Waals surface area (Å²) >= 11 is 12.8. The van der Waals surface area contributed by atoms with Crippen LogP contribution in [0.4, 0.5) is 0 Å². The third-order valence-corrected chi connectivity index (χ3v) is 5.81. The summed E-state index contributed by atoms with van der Waals surface area (Å²) in [6.45, 7) is 2.11. The Bertz CT molecular complexity index is 671. The minimum absolute atomic E-state index is 0.0421. The van der Waals surface area contributed by atoms with Crippen molar-refractivity contribution in [1.29, 1.82) is 0 Å². The predicted octanol–water partition coefficient (Wildman–Crippen LogP) is 4.24. The molecule has 1 aromatic rings. The van der Waals surface area contributed by atoms with E-state index in [9.17, 15) is 9.59 Å². The van der Waals surface area contributed by atoms with Crippen LogP contribution >= 0.6 is 23.2 Å². The van der Waals surface area contributed by atoms with Crippen LogP contribution in [0.5, 0.6) is 5.75 Å². The number of rotatable bonds is 3. The van der Waals surface area contributed by atoms with Gasteiger partial charge in [0.05, 0.1) is 5.02 Å². The molecule has 0 amide bonds. The number of Topliss-reactive ketones (excluding diaryl/α,β-unsaturated/α-hetero) is 1. The van der Waals surface area contributed by atoms with E-state index < -0.39 is 12.1 Å². The quantitative estimate of drug-likeness (QED) is 0.879. The van der Waals surface area contributed by atoms with Gasteiger partial charge in [-0.05, 0) is 23.8 Å². The summed E-state index contributed by atoms with van der Waals surface area (Å²) in [5, 5.41) is 9.78. The Balaban J connectivity index is 2.01. The Morgan fingerprint density at radius 1 is 1.35 bits per heavy atom. The summed E-state index contributed by atoms with van der Waals surface area (Å²) in [4.78, 5) is 23.0. The SMILES string of the molecule is CCC1CCC(=O)CC1c1cc2c(c(Cl)c1Cl)OC(C(=O)O)C2. The maximum absolute atomic E-state index is 11.9. The van der Waals surface area contributed by atoms with Crippen LogP contribution in [-0.2, 0) is 16.0 Å². The van der Waals surface area contributed by atoms with Crippen molar-refractivity contribution in [2.24, 2.45) is 5.92 Å². The fraction of sp³-hybridized carbons (Fsp3) is 0.529. The van der Waals surface area contributed by atoms with Gasteiger partial charge < -0.3 is 9.84 Å². The van der Waals surface area contributed by atoms with Gasteiger partial charge in [-0.1, -0.05) is 42.6 Å². The maximum atomic E-state index is 11.9. The molecular weight excluding hydrogens is 339 g/mol. The summed E-state index contributed by atoms with van der Waals surface area (Å²) in [5.41, 5.74) is 1.61. The molecule has 1 saturated carbocycles. The molecule has 4 nitrogen and oxygen atoms in total. The van der Waals surface area contributed by atoms with Crippen LogP contribution in [0.1, 0.15) is 49.7 Å². The highest BCUT2D eigenvalue weighted by Crippen LogP contribution is 2.48. The fourth-order valence-corrected chi connectivity index (χ4v) is 4.22. The molecule has 1 aliphatic heterocycles. The zero-order chi connectivity index (χ0) is 16.7. The van der Waals surface area contributed by atoms with Gasteiger partial charge in [-0.3, -0.25) is 4.79 Å². The van der Waals surface area contributed by atoms with Crippen LogP contribution in [0, 0.1) is 5.92 Å². The lowest BCUT2D eigenvalue weighted by atomic mass is 9.73. The number of fused-ring (bicyclic) bond motifs is 1. The van der Waals surface area contributed by atoms with Crippen molar-refractivity contribution in [3.8, 4) is 5.75 Å². The molecule has 1 N–H and O–H groups in total. The van der Waals surface area contributed by atoms with E-state index in [1.807, 2.05) is 6.07 Å². The lowest BCUT2D eigenvalue weighted by Gasteiger charge is -2.31. The molecule has 1 fully saturated rings. The van der Waals surface area contributed by atoms with Gasteiger partial charge >= 0.3 is 5.97 Å². The van der Waals surface area contributed by atoms with Crippen molar-refractivity contribution in [3.05, 3.63) is 27.2 Å². The number of carboxylic acids is 1. The first-order chi connectivity index (χ1) is 10.9. The summed E-state index contributed by atoms with van der Waals surface area (Å²) in [6.07, 6.45) is 2.26. The zero-order valence-electron chi connectivity index (χ0n) is 12.8. The average molecular weight is 357 g/mol. The van der Waals surface area contributed by atoms with E-state index in [0.717, 1.165) is 24.0 Å². The second kappa shape index (κ2) is 6.33. The van der Waals surface area contributed by atoms with E-state index in [-0.39, 0.29) is 23.1 Å². The Morgan fingerprint density at radius 3 is 2.74 bits per heavy atom. The summed E-state index contributed by atoms with van der Waals surface area (Å²) in [6, 6.07) is 1.89. The van der Waals surface area contributed by atoms with Gasteiger partial charge in [0.2, 0.25) is 0 Å². The molecule has 2 aliphatic rings. The Morgan fingerprint density at radius 2 is 2.09 bits per heavy atom. The third kappa shape index (κ3) is 2.94. The highest BCUT2D eigenvalue weighted by atomic mass is 35.5. The highest BCUT2D eigenvalue weighted by Gasteiger charge is 2.36. The van der Waals surface area contributed by atoms with Gasteiger partial charge in [0, 0.05) is 24.8 Å².